The first-order valence-electron chi connectivity index (χ1n) is 9.29. The second-order valence-electron chi connectivity index (χ2n) is 7.05. The van der Waals surface area contributed by atoms with E-state index < -0.39 is 15.9 Å². The third-order valence-electron chi connectivity index (χ3n) is 4.82. The molecule has 0 aliphatic rings. The second-order valence-corrected chi connectivity index (χ2v) is 8.70. The van der Waals surface area contributed by atoms with Crippen LogP contribution in [0.15, 0.2) is 78.1 Å². The molecule has 1 N–H and O–H groups in total. The van der Waals surface area contributed by atoms with Crippen molar-refractivity contribution in [1.29, 1.82) is 0 Å². The third kappa shape index (κ3) is 3.79. The van der Waals surface area contributed by atoms with Gasteiger partial charge < -0.3 is 0 Å². The summed E-state index contributed by atoms with van der Waals surface area (Å²) in [5.74, 6) is -0.748. The fourth-order valence-corrected chi connectivity index (χ4v) is 4.43. The van der Waals surface area contributed by atoms with Gasteiger partial charge in [0, 0.05) is 29.5 Å². The van der Waals surface area contributed by atoms with E-state index in [2.05, 4.69) is 14.7 Å². The van der Waals surface area contributed by atoms with Crippen molar-refractivity contribution in [3.05, 3.63) is 89.9 Å². The number of hydrogen-bond acceptors (Lipinski definition) is 5. The topological polar surface area (TPSA) is 89.0 Å². The highest BCUT2D eigenvalue weighted by molar-refractivity contribution is 7.90. The molecular formula is C23H19N3O3S. The minimum Gasteiger partial charge on any atom is -0.268 e. The first-order chi connectivity index (χ1) is 14.3. The lowest BCUT2D eigenvalue weighted by Gasteiger charge is -2.10. The maximum atomic E-state index is 12.9. The van der Waals surface area contributed by atoms with E-state index in [-0.39, 0.29) is 10.5 Å². The summed E-state index contributed by atoms with van der Waals surface area (Å²) in [5, 5.41) is 0.718. The Labute approximate surface area is 174 Å². The van der Waals surface area contributed by atoms with Gasteiger partial charge in [-0.3, -0.25) is 14.8 Å². The number of rotatable bonds is 4. The zero-order valence-corrected chi connectivity index (χ0v) is 17.3. The number of hydrogen-bond donors (Lipinski definition) is 1. The minimum atomic E-state index is -4.13. The molecule has 6 nitrogen and oxygen atoms in total. The normalized spacial score (nSPS) is 11.4. The first kappa shape index (κ1) is 19.7. The summed E-state index contributed by atoms with van der Waals surface area (Å²) in [6.07, 6.45) is 4.53. The van der Waals surface area contributed by atoms with Crippen molar-refractivity contribution in [2.45, 2.75) is 18.7 Å². The molecule has 1 amide bonds. The van der Waals surface area contributed by atoms with E-state index in [1.165, 1.54) is 12.3 Å². The number of nitrogens with zero attached hydrogens (tertiary/aromatic N) is 2. The van der Waals surface area contributed by atoms with Crippen LogP contribution in [0.3, 0.4) is 0 Å². The Bertz CT molecular complexity index is 1380. The van der Waals surface area contributed by atoms with Crippen LogP contribution in [-0.4, -0.2) is 24.3 Å². The highest BCUT2D eigenvalue weighted by Gasteiger charge is 2.22. The Morgan fingerprint density at radius 3 is 2.53 bits per heavy atom. The van der Waals surface area contributed by atoms with E-state index in [9.17, 15) is 13.2 Å². The molecule has 0 bridgehead atoms. The summed E-state index contributed by atoms with van der Waals surface area (Å²) in [7, 11) is -4.13. The molecule has 150 valence electrons. The lowest BCUT2D eigenvalue weighted by molar-refractivity contribution is 0.0981. The first-order valence-corrected chi connectivity index (χ1v) is 10.8. The Balaban J connectivity index is 1.68. The van der Waals surface area contributed by atoms with Crippen LogP contribution in [0.2, 0.25) is 0 Å². The monoisotopic (exact) mass is 417 g/mol. The number of pyridine rings is 2. The molecule has 4 aromatic rings. The molecular weight excluding hydrogens is 398 g/mol. The molecule has 0 spiro atoms. The third-order valence-corrected chi connectivity index (χ3v) is 6.18. The van der Waals surface area contributed by atoms with E-state index in [1.807, 2.05) is 38.1 Å². The average Bonchev–Trinajstić information content (AvgIpc) is 2.73. The van der Waals surface area contributed by atoms with Crippen LogP contribution in [0, 0.1) is 13.8 Å². The molecule has 0 radical (unpaired) electrons. The molecule has 0 saturated carbocycles. The summed E-state index contributed by atoms with van der Waals surface area (Å²) in [6, 6.07) is 16.1. The van der Waals surface area contributed by atoms with E-state index in [0.29, 0.717) is 5.52 Å². The van der Waals surface area contributed by atoms with E-state index in [4.69, 9.17) is 0 Å². The lowest BCUT2D eigenvalue weighted by Crippen LogP contribution is -2.31. The van der Waals surface area contributed by atoms with Gasteiger partial charge in [-0.1, -0.05) is 42.0 Å². The van der Waals surface area contributed by atoms with E-state index in [0.717, 1.165) is 27.6 Å². The number of para-hydroxylation sites is 1. The molecule has 0 atom stereocenters. The molecule has 0 saturated heterocycles. The molecule has 0 aliphatic heterocycles. The van der Waals surface area contributed by atoms with Gasteiger partial charge in [0.2, 0.25) is 0 Å². The van der Waals surface area contributed by atoms with Gasteiger partial charge in [0.25, 0.3) is 15.9 Å². The van der Waals surface area contributed by atoms with Crippen LogP contribution in [0.1, 0.15) is 21.5 Å². The van der Waals surface area contributed by atoms with Gasteiger partial charge in [-0.25, -0.2) is 13.1 Å². The average molecular weight is 417 g/mol. The standard InChI is InChI=1S/C23H19N3O3S/c1-15-5-3-6-17(11-15)18-12-19(14-24-13-18)23(27)26-30(28,29)21-8-4-7-20-16(2)9-10-25-22(20)21/h3-14H,1-2H3,(H,26,27). The number of aromatic nitrogens is 2. The van der Waals surface area contributed by atoms with Crippen LogP contribution < -0.4 is 4.72 Å². The summed E-state index contributed by atoms with van der Waals surface area (Å²) in [6.45, 7) is 3.85. The SMILES string of the molecule is Cc1cccc(-c2cncc(C(=O)NS(=O)(=O)c3cccc4c(C)ccnc34)c2)c1. The molecule has 0 fully saturated rings. The molecule has 2 heterocycles. The van der Waals surface area contributed by atoms with Gasteiger partial charge in [-0.15, -0.1) is 0 Å². The predicted molar refractivity (Wildman–Crippen MR) is 116 cm³/mol. The Morgan fingerprint density at radius 1 is 0.933 bits per heavy atom. The van der Waals surface area contributed by atoms with E-state index >= 15 is 0 Å². The maximum Gasteiger partial charge on any atom is 0.266 e. The Hall–Kier alpha value is -3.58. The van der Waals surface area contributed by atoms with Gasteiger partial charge in [0.15, 0.2) is 0 Å². The molecule has 2 aromatic heterocycles. The quantitative estimate of drug-likeness (QED) is 0.541. The van der Waals surface area contributed by atoms with Gasteiger partial charge in [0.05, 0.1) is 11.1 Å². The van der Waals surface area contributed by atoms with Gasteiger partial charge in [-0.2, -0.15) is 0 Å². The molecule has 7 heteroatoms. The molecule has 0 unspecified atom stereocenters. The molecule has 0 aliphatic carbocycles. The fourth-order valence-electron chi connectivity index (χ4n) is 3.29. The molecule has 2 aromatic carbocycles. The summed E-state index contributed by atoms with van der Waals surface area (Å²) < 4.78 is 28.0. The lowest BCUT2D eigenvalue weighted by atomic mass is 10.0. The smallest absolute Gasteiger partial charge is 0.266 e. The van der Waals surface area contributed by atoms with Crippen molar-refractivity contribution in [3.8, 4) is 11.1 Å². The number of amides is 1. The van der Waals surface area contributed by atoms with Gasteiger partial charge in [-0.05, 0) is 43.2 Å². The van der Waals surface area contributed by atoms with Gasteiger partial charge >= 0.3 is 0 Å². The number of sulfonamides is 1. The summed E-state index contributed by atoms with van der Waals surface area (Å²) in [4.78, 5) is 21.0. The number of carbonyl (C=O) groups excluding carboxylic acids is 1. The van der Waals surface area contributed by atoms with Crippen LogP contribution in [0.5, 0.6) is 0 Å². The van der Waals surface area contributed by atoms with Crippen LogP contribution in [-0.2, 0) is 10.0 Å². The zero-order valence-electron chi connectivity index (χ0n) is 16.5. The van der Waals surface area contributed by atoms with Crippen LogP contribution in [0.4, 0.5) is 0 Å². The van der Waals surface area contributed by atoms with Crippen molar-refractivity contribution >= 4 is 26.8 Å². The van der Waals surface area contributed by atoms with Crippen molar-refractivity contribution in [2.75, 3.05) is 0 Å². The van der Waals surface area contributed by atoms with Gasteiger partial charge in [0.1, 0.15) is 4.90 Å². The largest absolute Gasteiger partial charge is 0.268 e. The number of aryl methyl sites for hydroxylation is 2. The van der Waals surface area contributed by atoms with Crippen molar-refractivity contribution in [2.24, 2.45) is 0 Å². The Kier molecular flexibility index (Phi) is 5.05. The molecule has 30 heavy (non-hydrogen) atoms. The van der Waals surface area contributed by atoms with Crippen molar-refractivity contribution in [3.63, 3.8) is 0 Å². The predicted octanol–water partition coefficient (Wildman–Crippen LogP) is 4.03. The zero-order chi connectivity index (χ0) is 21.3. The second kappa shape index (κ2) is 7.68. The van der Waals surface area contributed by atoms with Crippen LogP contribution >= 0.6 is 0 Å². The number of carbonyl (C=O) groups is 1. The van der Waals surface area contributed by atoms with Crippen molar-refractivity contribution in [1.82, 2.24) is 14.7 Å². The van der Waals surface area contributed by atoms with Crippen molar-refractivity contribution < 1.29 is 13.2 Å². The fraction of sp³-hybridized carbons (Fsp3) is 0.0870. The highest BCUT2D eigenvalue weighted by Crippen LogP contribution is 2.24. The number of fused-ring (bicyclic) bond motifs is 1. The minimum absolute atomic E-state index is 0.0418. The van der Waals surface area contributed by atoms with E-state index in [1.54, 1.807) is 36.7 Å². The number of benzene rings is 2. The highest BCUT2D eigenvalue weighted by atomic mass is 32.2. The van der Waals surface area contributed by atoms with Crippen LogP contribution in [0.25, 0.3) is 22.0 Å². The Morgan fingerprint density at radius 2 is 1.73 bits per heavy atom. The maximum absolute atomic E-state index is 12.9. The summed E-state index contributed by atoms with van der Waals surface area (Å²) in [5.41, 5.74) is 4.08. The molecule has 4 rings (SSSR count). The number of nitrogens with one attached hydrogen (secondary N) is 1. The summed E-state index contributed by atoms with van der Waals surface area (Å²) >= 11 is 0.